The highest BCUT2D eigenvalue weighted by Crippen LogP contribution is 2.41. The fraction of sp³-hybridized carbons (Fsp3) is 0.957. The van der Waals surface area contributed by atoms with Crippen LogP contribution in [0.1, 0.15) is 91.9 Å². The minimum atomic E-state index is 0.199. The molecule has 2 aliphatic heterocycles. The number of amides is 1. The Kier molecular flexibility index (Phi) is 8.93. The molecule has 0 aromatic carbocycles. The van der Waals surface area contributed by atoms with Crippen molar-refractivity contribution in [1.82, 2.24) is 9.80 Å². The Morgan fingerprint density at radius 3 is 2.08 bits per heavy atom. The molecule has 3 heteroatoms. The predicted octanol–water partition coefficient (Wildman–Crippen LogP) is 5.34. The van der Waals surface area contributed by atoms with E-state index in [0.717, 1.165) is 25.4 Å². The van der Waals surface area contributed by atoms with Crippen molar-refractivity contribution in [2.24, 2.45) is 17.3 Å². The molecular formula is C23H44N2O. The SMILES string of the molecule is CCCCC(CCC)CN1CCC2(CC1)CCN(C(=O)C(C)CC)CC2. The Hall–Kier alpha value is -0.570. The molecule has 2 heterocycles. The zero-order chi connectivity index (χ0) is 19.0. The summed E-state index contributed by atoms with van der Waals surface area (Å²) < 4.78 is 0. The number of piperidine rings is 2. The molecule has 0 radical (unpaired) electrons. The molecule has 3 nitrogen and oxygen atoms in total. The summed E-state index contributed by atoms with van der Waals surface area (Å²) in [6.07, 6.45) is 13.0. The molecule has 1 spiro atoms. The maximum Gasteiger partial charge on any atom is 0.225 e. The molecule has 2 fully saturated rings. The Morgan fingerprint density at radius 2 is 1.54 bits per heavy atom. The van der Waals surface area contributed by atoms with Crippen LogP contribution in [0.2, 0.25) is 0 Å². The van der Waals surface area contributed by atoms with Crippen LogP contribution in [0.15, 0.2) is 0 Å². The molecule has 26 heavy (non-hydrogen) atoms. The van der Waals surface area contributed by atoms with Gasteiger partial charge in [-0.25, -0.2) is 0 Å². The largest absolute Gasteiger partial charge is 0.342 e. The molecule has 0 N–H and O–H groups in total. The summed E-state index contributed by atoms with van der Waals surface area (Å²) >= 11 is 0. The summed E-state index contributed by atoms with van der Waals surface area (Å²) in [4.78, 5) is 17.3. The van der Waals surface area contributed by atoms with E-state index in [9.17, 15) is 4.79 Å². The second-order valence-electron chi connectivity index (χ2n) is 9.23. The number of carbonyl (C=O) groups is 1. The number of unbranched alkanes of at least 4 members (excludes halogenated alkanes) is 1. The number of hydrogen-bond acceptors (Lipinski definition) is 2. The summed E-state index contributed by atoms with van der Waals surface area (Å²) in [7, 11) is 0. The van der Waals surface area contributed by atoms with Crippen LogP contribution in [0.25, 0.3) is 0 Å². The van der Waals surface area contributed by atoms with Gasteiger partial charge in [0, 0.05) is 25.6 Å². The van der Waals surface area contributed by atoms with Crippen molar-refractivity contribution in [3.63, 3.8) is 0 Å². The van der Waals surface area contributed by atoms with E-state index in [2.05, 4.69) is 37.5 Å². The molecule has 2 rings (SSSR count). The van der Waals surface area contributed by atoms with Gasteiger partial charge in [-0.15, -0.1) is 0 Å². The topological polar surface area (TPSA) is 23.6 Å². The first-order valence-electron chi connectivity index (χ1n) is 11.5. The van der Waals surface area contributed by atoms with Crippen LogP contribution in [0, 0.1) is 17.3 Å². The van der Waals surface area contributed by atoms with Gasteiger partial charge in [-0.2, -0.15) is 0 Å². The Labute approximate surface area is 162 Å². The smallest absolute Gasteiger partial charge is 0.225 e. The zero-order valence-electron chi connectivity index (χ0n) is 18.1. The number of nitrogens with zero attached hydrogens (tertiary/aromatic N) is 2. The Balaban J connectivity index is 1.76. The van der Waals surface area contributed by atoms with E-state index < -0.39 is 0 Å². The molecule has 0 aromatic rings. The molecule has 0 aromatic heterocycles. The first-order valence-corrected chi connectivity index (χ1v) is 11.5. The number of hydrogen-bond donors (Lipinski definition) is 0. The van der Waals surface area contributed by atoms with E-state index in [4.69, 9.17) is 0 Å². The van der Waals surface area contributed by atoms with Crippen molar-refractivity contribution in [2.45, 2.75) is 91.9 Å². The van der Waals surface area contributed by atoms with Crippen molar-refractivity contribution in [2.75, 3.05) is 32.7 Å². The van der Waals surface area contributed by atoms with E-state index in [0.29, 0.717) is 11.3 Å². The highest BCUT2D eigenvalue weighted by molar-refractivity contribution is 5.78. The van der Waals surface area contributed by atoms with E-state index in [1.165, 1.54) is 77.4 Å². The normalized spacial score (nSPS) is 23.2. The fourth-order valence-corrected chi connectivity index (χ4v) is 4.99. The maximum absolute atomic E-state index is 12.4. The van der Waals surface area contributed by atoms with E-state index in [1.54, 1.807) is 0 Å². The van der Waals surface area contributed by atoms with Crippen molar-refractivity contribution in [1.29, 1.82) is 0 Å². The Bertz CT molecular complexity index is 404. The van der Waals surface area contributed by atoms with Gasteiger partial charge in [-0.1, -0.05) is 47.0 Å². The van der Waals surface area contributed by atoms with Crippen LogP contribution in [-0.2, 0) is 4.79 Å². The average Bonchev–Trinajstić information content (AvgIpc) is 2.67. The van der Waals surface area contributed by atoms with Gasteiger partial charge in [0.2, 0.25) is 5.91 Å². The molecule has 2 unspecified atom stereocenters. The molecule has 0 aliphatic carbocycles. The van der Waals surface area contributed by atoms with Gasteiger partial charge in [0.15, 0.2) is 0 Å². The highest BCUT2D eigenvalue weighted by atomic mass is 16.2. The van der Waals surface area contributed by atoms with Crippen molar-refractivity contribution < 1.29 is 4.79 Å². The summed E-state index contributed by atoms with van der Waals surface area (Å²) in [5, 5.41) is 0. The quantitative estimate of drug-likeness (QED) is 0.551. The van der Waals surface area contributed by atoms with Crippen LogP contribution in [0.3, 0.4) is 0 Å². The van der Waals surface area contributed by atoms with E-state index in [1.807, 2.05) is 0 Å². The first kappa shape index (κ1) is 21.7. The zero-order valence-corrected chi connectivity index (χ0v) is 18.1. The molecule has 1 amide bonds. The van der Waals surface area contributed by atoms with Crippen LogP contribution in [0.5, 0.6) is 0 Å². The maximum atomic E-state index is 12.4. The van der Waals surface area contributed by atoms with Crippen molar-refractivity contribution in [3.8, 4) is 0 Å². The molecule has 0 bridgehead atoms. The molecule has 0 saturated carbocycles. The second kappa shape index (κ2) is 10.7. The lowest BCUT2D eigenvalue weighted by molar-refractivity contribution is -0.138. The van der Waals surface area contributed by atoms with Crippen LogP contribution < -0.4 is 0 Å². The third-order valence-electron chi connectivity index (χ3n) is 7.27. The van der Waals surface area contributed by atoms with Gasteiger partial charge < -0.3 is 9.80 Å². The molecule has 2 saturated heterocycles. The fourth-order valence-electron chi connectivity index (χ4n) is 4.99. The third kappa shape index (κ3) is 5.97. The van der Waals surface area contributed by atoms with Crippen molar-refractivity contribution in [3.05, 3.63) is 0 Å². The molecule has 152 valence electrons. The first-order chi connectivity index (χ1) is 12.5. The standard InChI is InChI=1S/C23H44N2O/c1-5-8-10-21(9-6-2)19-24-15-11-23(12-16-24)13-17-25(18-14-23)22(26)20(4)7-3/h20-21H,5-19H2,1-4H3. The van der Waals surface area contributed by atoms with Gasteiger partial charge in [-0.3, -0.25) is 4.79 Å². The van der Waals surface area contributed by atoms with Crippen LogP contribution in [-0.4, -0.2) is 48.4 Å². The molecule has 2 aliphatic rings. The van der Waals surface area contributed by atoms with Gasteiger partial charge in [0.25, 0.3) is 0 Å². The number of carbonyl (C=O) groups excluding carboxylic acids is 1. The highest BCUT2D eigenvalue weighted by Gasteiger charge is 2.39. The second-order valence-corrected chi connectivity index (χ2v) is 9.23. The predicted molar refractivity (Wildman–Crippen MR) is 111 cm³/mol. The lowest BCUT2D eigenvalue weighted by atomic mass is 9.71. The summed E-state index contributed by atoms with van der Waals surface area (Å²) in [6.45, 7) is 14.7. The van der Waals surface area contributed by atoms with Gasteiger partial charge >= 0.3 is 0 Å². The average molecular weight is 365 g/mol. The van der Waals surface area contributed by atoms with Crippen LogP contribution >= 0.6 is 0 Å². The summed E-state index contributed by atoms with van der Waals surface area (Å²) in [6, 6.07) is 0. The Morgan fingerprint density at radius 1 is 0.923 bits per heavy atom. The third-order valence-corrected chi connectivity index (χ3v) is 7.27. The van der Waals surface area contributed by atoms with Gasteiger partial charge in [0.05, 0.1) is 0 Å². The summed E-state index contributed by atoms with van der Waals surface area (Å²) in [5.74, 6) is 1.49. The lowest BCUT2D eigenvalue weighted by Crippen LogP contribution is -2.49. The minimum Gasteiger partial charge on any atom is -0.342 e. The summed E-state index contributed by atoms with van der Waals surface area (Å²) in [5.41, 5.74) is 0.534. The van der Waals surface area contributed by atoms with Crippen LogP contribution in [0.4, 0.5) is 0 Å². The van der Waals surface area contributed by atoms with E-state index >= 15 is 0 Å². The van der Waals surface area contributed by atoms with Gasteiger partial charge in [-0.05, 0) is 69.4 Å². The molecule has 2 atom stereocenters. The van der Waals surface area contributed by atoms with Gasteiger partial charge in [0.1, 0.15) is 0 Å². The van der Waals surface area contributed by atoms with E-state index in [-0.39, 0.29) is 5.92 Å². The minimum absolute atomic E-state index is 0.199. The number of likely N-dealkylation sites (tertiary alicyclic amines) is 2. The number of rotatable bonds is 9. The van der Waals surface area contributed by atoms with Crippen molar-refractivity contribution >= 4 is 5.91 Å². The monoisotopic (exact) mass is 364 g/mol. The lowest BCUT2D eigenvalue weighted by Gasteiger charge is -2.47. The molecular weight excluding hydrogens is 320 g/mol.